The van der Waals surface area contributed by atoms with Crippen LogP contribution in [0, 0.1) is 0 Å². The summed E-state index contributed by atoms with van der Waals surface area (Å²) in [5, 5.41) is 3.87. The lowest BCUT2D eigenvalue weighted by atomic mass is 9.98. The third kappa shape index (κ3) is 6.02. The fraction of sp³-hybridized carbons (Fsp3) is 0.438. The van der Waals surface area contributed by atoms with Gasteiger partial charge in [-0.15, -0.1) is 0 Å². The fourth-order valence-electron chi connectivity index (χ4n) is 6.12. The zero-order valence-corrected chi connectivity index (χ0v) is 23.3. The third-order valence-electron chi connectivity index (χ3n) is 8.34. The van der Waals surface area contributed by atoms with Gasteiger partial charge in [-0.1, -0.05) is 36.8 Å². The van der Waals surface area contributed by atoms with Crippen molar-refractivity contribution in [3.8, 4) is 0 Å². The number of anilines is 1. The van der Waals surface area contributed by atoms with Gasteiger partial charge in [-0.05, 0) is 61.6 Å². The molecule has 3 heterocycles. The number of likely N-dealkylation sites (N-methyl/N-ethyl adjacent to an activating group) is 1. The Morgan fingerprint density at radius 2 is 1.85 bits per heavy atom. The zero-order valence-electron chi connectivity index (χ0n) is 23.3. The van der Waals surface area contributed by atoms with Gasteiger partial charge >= 0.3 is 0 Å². The van der Waals surface area contributed by atoms with E-state index in [1.165, 1.54) is 16.6 Å². The predicted octanol–water partition coefficient (Wildman–Crippen LogP) is 3.82. The minimum Gasteiger partial charge on any atom is -0.368 e. The van der Waals surface area contributed by atoms with E-state index in [1.54, 1.807) is 11.9 Å². The molecule has 0 spiro atoms. The summed E-state index contributed by atoms with van der Waals surface area (Å²) in [5.74, 6) is -0.338. The molecule has 0 radical (unpaired) electrons. The average molecular weight is 542 g/mol. The largest absolute Gasteiger partial charge is 0.368 e. The maximum absolute atomic E-state index is 13.1. The van der Waals surface area contributed by atoms with Crippen molar-refractivity contribution in [1.82, 2.24) is 20.1 Å². The molecule has 1 N–H and O–H groups in total. The second-order valence-corrected chi connectivity index (χ2v) is 10.7. The number of amides is 2. The van der Waals surface area contributed by atoms with E-state index in [0.29, 0.717) is 18.5 Å². The van der Waals surface area contributed by atoms with Crippen LogP contribution in [0.25, 0.3) is 10.9 Å². The van der Waals surface area contributed by atoms with Crippen LogP contribution < -0.4 is 10.2 Å². The van der Waals surface area contributed by atoms with Crippen molar-refractivity contribution in [2.45, 2.75) is 51.1 Å². The van der Waals surface area contributed by atoms with Crippen molar-refractivity contribution < 1.29 is 14.4 Å². The van der Waals surface area contributed by atoms with Crippen LogP contribution in [0.1, 0.15) is 53.6 Å². The number of benzene rings is 2. The van der Waals surface area contributed by atoms with E-state index in [2.05, 4.69) is 50.4 Å². The molecule has 3 aromatic rings. The molecular formula is C32H39N5O3. The predicted molar refractivity (Wildman–Crippen MR) is 157 cm³/mol. The number of para-hydroxylation sites is 1. The van der Waals surface area contributed by atoms with Gasteiger partial charge in [0.05, 0.1) is 5.52 Å². The highest BCUT2D eigenvalue weighted by molar-refractivity contribution is 6.01. The minimum absolute atomic E-state index is 0.116. The van der Waals surface area contributed by atoms with Crippen molar-refractivity contribution in [2.75, 3.05) is 44.7 Å². The molecular weight excluding hydrogens is 502 g/mol. The Morgan fingerprint density at radius 1 is 1.02 bits per heavy atom. The van der Waals surface area contributed by atoms with Gasteiger partial charge in [0.1, 0.15) is 12.3 Å². The number of fused-ring (bicyclic) bond motifs is 2. The lowest BCUT2D eigenvalue weighted by Crippen LogP contribution is -2.46. The number of nitrogens with one attached hydrogen (secondary N) is 1. The number of pyridine rings is 1. The van der Waals surface area contributed by atoms with Crippen molar-refractivity contribution in [3.05, 3.63) is 71.4 Å². The number of carbonyl (C=O) groups excluding carboxylic acids is 3. The Kier molecular flexibility index (Phi) is 9.06. The van der Waals surface area contributed by atoms with Crippen LogP contribution in [0.3, 0.4) is 0 Å². The Morgan fingerprint density at radius 3 is 2.65 bits per heavy atom. The van der Waals surface area contributed by atoms with Crippen LogP contribution in [0.15, 0.2) is 54.7 Å². The number of piperazine rings is 1. The number of hydrogen-bond acceptors (Lipinski definition) is 6. The molecule has 40 heavy (non-hydrogen) atoms. The number of rotatable bonds is 12. The maximum Gasteiger partial charge on any atom is 0.255 e. The van der Waals surface area contributed by atoms with Gasteiger partial charge in [0.2, 0.25) is 5.91 Å². The summed E-state index contributed by atoms with van der Waals surface area (Å²) in [5.41, 5.74) is 5.25. The lowest BCUT2D eigenvalue weighted by molar-refractivity contribution is -0.125. The highest BCUT2D eigenvalue weighted by Crippen LogP contribution is 2.30. The van der Waals surface area contributed by atoms with E-state index in [-0.39, 0.29) is 18.2 Å². The van der Waals surface area contributed by atoms with Gasteiger partial charge in [0, 0.05) is 69.0 Å². The number of carbonyl (C=O) groups is 3. The van der Waals surface area contributed by atoms with Crippen molar-refractivity contribution >= 4 is 34.7 Å². The monoisotopic (exact) mass is 541 g/mol. The number of unbranched alkanes of at least 4 members (excludes halogenated alkanes) is 2. The first-order chi connectivity index (χ1) is 19.6. The topological polar surface area (TPSA) is 85.8 Å². The Bertz CT molecular complexity index is 1350. The number of aldehydes is 1. The Balaban J connectivity index is 1.09. The summed E-state index contributed by atoms with van der Waals surface area (Å²) in [6.45, 7) is 5.72. The number of aryl methyl sites for hydroxylation is 1. The summed E-state index contributed by atoms with van der Waals surface area (Å²) in [6, 6.07) is 15.8. The van der Waals surface area contributed by atoms with Crippen molar-refractivity contribution in [2.24, 2.45) is 0 Å². The molecule has 8 nitrogen and oxygen atoms in total. The third-order valence-corrected chi connectivity index (χ3v) is 8.34. The molecule has 1 atom stereocenters. The van der Waals surface area contributed by atoms with Gasteiger partial charge < -0.3 is 19.9 Å². The quantitative estimate of drug-likeness (QED) is 0.277. The van der Waals surface area contributed by atoms with Gasteiger partial charge in [-0.3, -0.25) is 19.5 Å². The standard InChI is InChI=1S/C32H39N5O3/c1-33-31(39)30(14-8-22-38)37-23-27-24(10-7-12-25(27)32(37)40)9-3-2-6-17-35-18-20-36(21-19-35)29-15-16-34-28-13-5-4-11-26(28)29/h4-5,7,10-13,15-16,22,30H,2-3,6,8-9,14,17-21,23H2,1H3,(H,33,39). The summed E-state index contributed by atoms with van der Waals surface area (Å²) in [7, 11) is 1.57. The Hall–Kier alpha value is -3.78. The van der Waals surface area contributed by atoms with Crippen LogP contribution in [0.5, 0.6) is 0 Å². The number of nitrogens with zero attached hydrogens (tertiary/aromatic N) is 4. The second kappa shape index (κ2) is 13.0. The summed E-state index contributed by atoms with van der Waals surface area (Å²) in [6.07, 6.45) is 7.58. The van der Waals surface area contributed by atoms with Crippen LogP contribution >= 0.6 is 0 Å². The average Bonchev–Trinajstić information content (AvgIpc) is 3.33. The van der Waals surface area contributed by atoms with Gasteiger partial charge in [0.25, 0.3) is 5.91 Å². The van der Waals surface area contributed by atoms with Gasteiger partial charge in [-0.25, -0.2) is 0 Å². The first-order valence-electron chi connectivity index (χ1n) is 14.5. The van der Waals surface area contributed by atoms with Crippen LogP contribution in [-0.2, 0) is 22.6 Å². The molecule has 0 saturated carbocycles. The second-order valence-electron chi connectivity index (χ2n) is 10.7. The van der Waals surface area contributed by atoms with Crippen molar-refractivity contribution in [3.63, 3.8) is 0 Å². The molecule has 1 aromatic heterocycles. The molecule has 1 saturated heterocycles. The first-order valence-corrected chi connectivity index (χ1v) is 14.5. The molecule has 2 amide bonds. The van der Waals surface area contributed by atoms with Gasteiger partial charge in [-0.2, -0.15) is 0 Å². The van der Waals surface area contributed by atoms with E-state index < -0.39 is 6.04 Å². The van der Waals surface area contributed by atoms with E-state index in [4.69, 9.17) is 0 Å². The summed E-state index contributed by atoms with van der Waals surface area (Å²) in [4.78, 5) is 47.7. The number of hydrogen-bond donors (Lipinski definition) is 1. The Labute approximate surface area is 236 Å². The molecule has 2 aliphatic rings. The number of aromatic nitrogens is 1. The molecule has 210 valence electrons. The van der Waals surface area contributed by atoms with E-state index in [9.17, 15) is 14.4 Å². The molecule has 1 unspecified atom stereocenters. The van der Waals surface area contributed by atoms with Crippen LogP contribution in [0.2, 0.25) is 0 Å². The molecule has 2 aliphatic heterocycles. The fourth-order valence-corrected chi connectivity index (χ4v) is 6.12. The maximum atomic E-state index is 13.1. The highest BCUT2D eigenvalue weighted by Gasteiger charge is 2.36. The molecule has 5 rings (SSSR count). The van der Waals surface area contributed by atoms with E-state index >= 15 is 0 Å². The van der Waals surface area contributed by atoms with E-state index in [1.807, 2.05) is 24.4 Å². The van der Waals surface area contributed by atoms with E-state index in [0.717, 1.165) is 75.8 Å². The molecule has 1 fully saturated rings. The van der Waals surface area contributed by atoms with Crippen LogP contribution in [-0.4, -0.2) is 78.7 Å². The molecule has 0 aliphatic carbocycles. The summed E-state index contributed by atoms with van der Waals surface area (Å²) < 4.78 is 0. The zero-order chi connectivity index (χ0) is 27.9. The van der Waals surface area contributed by atoms with Crippen molar-refractivity contribution in [1.29, 1.82) is 0 Å². The molecule has 2 aromatic carbocycles. The van der Waals surface area contributed by atoms with Gasteiger partial charge in [0.15, 0.2) is 0 Å². The normalized spacial score (nSPS) is 16.3. The SMILES string of the molecule is CNC(=O)C(CCC=O)N1Cc2c(CCCCCN3CCN(c4ccnc5ccccc45)CC3)cccc2C1=O. The smallest absolute Gasteiger partial charge is 0.255 e. The first kappa shape index (κ1) is 27.8. The van der Waals surface area contributed by atoms with Crippen LogP contribution in [0.4, 0.5) is 5.69 Å². The minimum atomic E-state index is -0.624. The molecule has 8 heteroatoms. The summed E-state index contributed by atoms with van der Waals surface area (Å²) >= 11 is 0. The lowest BCUT2D eigenvalue weighted by Gasteiger charge is -2.36. The highest BCUT2D eigenvalue weighted by atomic mass is 16.2. The molecule has 0 bridgehead atoms.